The Balaban J connectivity index is 1.87. The van der Waals surface area contributed by atoms with Gasteiger partial charge in [0.1, 0.15) is 11.4 Å². The largest absolute Gasteiger partial charge is 0.494 e. The normalized spacial score (nSPS) is 14.0. The third-order valence-electron chi connectivity index (χ3n) is 5.72. The van der Waals surface area contributed by atoms with Crippen LogP contribution in [0.25, 0.3) is 0 Å². The van der Waals surface area contributed by atoms with E-state index in [4.69, 9.17) is 14.2 Å². The maximum atomic E-state index is 12.8. The molecule has 0 saturated carbocycles. The Hall–Kier alpha value is -3.30. The molecule has 2 aromatic carbocycles. The zero-order valence-electron chi connectivity index (χ0n) is 20.8. The Kier molecular flexibility index (Phi) is 9.12. The molecule has 2 aromatic rings. The van der Waals surface area contributed by atoms with Crippen molar-refractivity contribution >= 4 is 34.4 Å². The van der Waals surface area contributed by atoms with Gasteiger partial charge >= 0.3 is 5.97 Å². The molecule has 2 N–H and O–H groups in total. The van der Waals surface area contributed by atoms with E-state index in [1.807, 2.05) is 66.8 Å². The number of benzene rings is 2. The van der Waals surface area contributed by atoms with E-state index in [2.05, 4.69) is 10.0 Å². The number of hydrogen-bond acceptors (Lipinski definition) is 8. The number of nitrogens with zero attached hydrogens (tertiary/aromatic N) is 4. The lowest BCUT2D eigenvalue weighted by molar-refractivity contribution is -0.538. The average Bonchev–Trinajstić information content (AvgIpc) is 2.88. The second kappa shape index (κ2) is 12.2. The summed E-state index contributed by atoms with van der Waals surface area (Å²) in [5.74, 6) is 0.237. The fourth-order valence-electron chi connectivity index (χ4n) is 3.93. The van der Waals surface area contributed by atoms with Gasteiger partial charge < -0.3 is 29.3 Å². The lowest BCUT2D eigenvalue weighted by atomic mass is 10.2. The van der Waals surface area contributed by atoms with Crippen LogP contribution in [0.4, 0.5) is 22.7 Å². The van der Waals surface area contributed by atoms with Gasteiger partial charge in [0.25, 0.3) is 0 Å². The molecule has 0 aromatic heterocycles. The standard InChI is InChI=1S/C25H35N5O4/c1-6-34-25(31)21(18-28(3)22-10-8-7-9-20(22)26-2)27-29(4)23-12-11-19(17-24(23)32-5)30-13-15-33-16-14-30/h7-12,17,26H,6,13-16,18H2,1-5H3/p+1/b27-21-. The third-order valence-corrected chi connectivity index (χ3v) is 5.72. The highest BCUT2D eigenvalue weighted by molar-refractivity contribution is 6.38. The molecule has 0 unspecified atom stereocenters. The fourth-order valence-corrected chi connectivity index (χ4v) is 3.93. The van der Waals surface area contributed by atoms with E-state index in [0.29, 0.717) is 31.2 Å². The van der Waals surface area contributed by atoms with Crippen molar-refractivity contribution in [1.29, 1.82) is 0 Å². The quantitative estimate of drug-likeness (QED) is 0.246. The van der Waals surface area contributed by atoms with Gasteiger partial charge in [0, 0.05) is 45.0 Å². The number of carbonyl (C=O) groups excluding carboxylic acids is 1. The van der Waals surface area contributed by atoms with E-state index in [1.54, 1.807) is 26.1 Å². The fraction of sp³-hybridized carbons (Fsp3) is 0.440. The zero-order chi connectivity index (χ0) is 24.5. The van der Waals surface area contributed by atoms with Gasteiger partial charge in [-0.2, -0.15) is 5.10 Å². The molecule has 0 aliphatic carbocycles. The smallest absolute Gasteiger partial charge is 0.356 e. The van der Waals surface area contributed by atoms with Crippen molar-refractivity contribution in [2.24, 2.45) is 5.10 Å². The molecule has 34 heavy (non-hydrogen) atoms. The number of morpholine rings is 1. The van der Waals surface area contributed by atoms with Crippen LogP contribution < -0.4 is 24.9 Å². The summed E-state index contributed by atoms with van der Waals surface area (Å²) in [6.45, 7) is 5.47. The minimum absolute atomic E-state index is 0.280. The molecule has 184 valence electrons. The molecular formula is C25H36N5O4+. The lowest BCUT2D eigenvalue weighted by Crippen LogP contribution is -2.73. The summed E-state index contributed by atoms with van der Waals surface area (Å²) >= 11 is 0. The Bertz CT molecular complexity index is 991. The Labute approximate surface area is 201 Å². The molecule has 0 spiro atoms. The molecule has 1 heterocycles. The van der Waals surface area contributed by atoms with Gasteiger partial charge in [-0.15, -0.1) is 0 Å². The molecule has 3 rings (SSSR count). The number of ether oxygens (including phenoxy) is 3. The number of anilines is 3. The first-order valence-corrected chi connectivity index (χ1v) is 11.6. The summed E-state index contributed by atoms with van der Waals surface area (Å²) in [6, 6.07) is 14.0. The number of esters is 1. The van der Waals surface area contributed by atoms with Crippen LogP contribution in [-0.4, -0.2) is 79.4 Å². The molecule has 1 aliphatic heterocycles. The number of quaternary nitrogens is 1. The van der Waals surface area contributed by atoms with Crippen LogP contribution in [0.15, 0.2) is 47.6 Å². The molecule has 9 heteroatoms. The predicted octanol–water partition coefficient (Wildman–Crippen LogP) is 1.85. The summed E-state index contributed by atoms with van der Waals surface area (Å²) in [7, 11) is 7.37. The van der Waals surface area contributed by atoms with E-state index >= 15 is 0 Å². The maximum absolute atomic E-state index is 12.8. The minimum atomic E-state index is -0.442. The first-order valence-electron chi connectivity index (χ1n) is 11.6. The van der Waals surface area contributed by atoms with E-state index < -0.39 is 5.97 Å². The number of para-hydroxylation sites is 2. The van der Waals surface area contributed by atoms with Crippen molar-refractivity contribution in [1.82, 2.24) is 0 Å². The first kappa shape index (κ1) is 25.3. The molecule has 0 atom stereocenters. The molecule has 9 nitrogen and oxygen atoms in total. The van der Waals surface area contributed by atoms with Crippen molar-refractivity contribution in [2.45, 2.75) is 6.92 Å². The monoisotopic (exact) mass is 470 g/mol. The van der Waals surface area contributed by atoms with Crippen molar-refractivity contribution in [3.63, 3.8) is 0 Å². The second-order valence-corrected chi connectivity index (χ2v) is 7.95. The Morgan fingerprint density at radius 2 is 1.88 bits per heavy atom. The molecule has 0 bridgehead atoms. The molecule has 1 saturated heterocycles. The van der Waals surface area contributed by atoms with Gasteiger partial charge in [0.2, 0.25) is 0 Å². The number of hydrogen-bond donors (Lipinski definition) is 1. The molecule has 0 amide bonds. The van der Waals surface area contributed by atoms with Crippen LogP contribution in [0, 0.1) is 0 Å². The van der Waals surface area contributed by atoms with Crippen LogP contribution in [0.2, 0.25) is 0 Å². The van der Waals surface area contributed by atoms with Crippen molar-refractivity contribution in [2.75, 3.05) is 82.5 Å². The number of hydrazone groups is 1. The van der Waals surface area contributed by atoms with Gasteiger partial charge in [-0.05, 0) is 25.1 Å². The van der Waals surface area contributed by atoms with E-state index in [9.17, 15) is 4.79 Å². The average molecular weight is 471 g/mol. The molecule has 0 radical (unpaired) electrons. The summed E-state index contributed by atoms with van der Waals surface area (Å²) in [6.07, 6.45) is 0. The number of methoxy groups -OCH3 is 1. The third kappa shape index (κ3) is 6.18. The molecular weight excluding hydrogens is 434 g/mol. The van der Waals surface area contributed by atoms with Crippen LogP contribution in [0.1, 0.15) is 6.92 Å². The summed E-state index contributed by atoms with van der Waals surface area (Å²) in [5, 5.41) is 8.36. The summed E-state index contributed by atoms with van der Waals surface area (Å²) in [5.41, 5.74) is 4.22. The SMILES string of the molecule is CCOC(=O)/C(CN(C)c1ccccc1[NH2+]C)=N\N(C)c1ccc(N2CCOCC2)cc1OC. The van der Waals surface area contributed by atoms with Crippen LogP contribution in [0.3, 0.4) is 0 Å². The van der Waals surface area contributed by atoms with Crippen molar-refractivity contribution < 1.29 is 24.3 Å². The van der Waals surface area contributed by atoms with Gasteiger partial charge in [-0.1, -0.05) is 12.1 Å². The minimum Gasteiger partial charge on any atom is -0.494 e. The Morgan fingerprint density at radius 1 is 1.15 bits per heavy atom. The number of nitrogens with two attached hydrogens (primary N) is 1. The van der Waals surface area contributed by atoms with Crippen LogP contribution >= 0.6 is 0 Å². The maximum Gasteiger partial charge on any atom is 0.356 e. The highest BCUT2D eigenvalue weighted by Gasteiger charge is 2.21. The number of carbonyl (C=O) groups is 1. The van der Waals surface area contributed by atoms with Gasteiger partial charge in [-0.3, -0.25) is 5.01 Å². The van der Waals surface area contributed by atoms with E-state index in [1.165, 1.54) is 0 Å². The lowest BCUT2D eigenvalue weighted by Gasteiger charge is -2.30. The van der Waals surface area contributed by atoms with Gasteiger partial charge in [0.15, 0.2) is 11.4 Å². The molecule has 1 fully saturated rings. The molecule has 1 aliphatic rings. The van der Waals surface area contributed by atoms with Crippen LogP contribution in [0.5, 0.6) is 5.75 Å². The van der Waals surface area contributed by atoms with Crippen molar-refractivity contribution in [3.8, 4) is 5.75 Å². The van der Waals surface area contributed by atoms with Crippen LogP contribution in [-0.2, 0) is 14.3 Å². The highest BCUT2D eigenvalue weighted by atomic mass is 16.5. The zero-order valence-corrected chi connectivity index (χ0v) is 20.8. The van der Waals surface area contributed by atoms with Gasteiger partial charge in [-0.25, -0.2) is 4.79 Å². The van der Waals surface area contributed by atoms with E-state index in [-0.39, 0.29) is 6.61 Å². The topological polar surface area (TPSA) is 83.5 Å². The first-order chi connectivity index (χ1) is 16.5. The summed E-state index contributed by atoms with van der Waals surface area (Å²) in [4.78, 5) is 17.0. The van der Waals surface area contributed by atoms with Gasteiger partial charge in [0.05, 0.1) is 46.2 Å². The van der Waals surface area contributed by atoms with Crippen molar-refractivity contribution in [3.05, 3.63) is 42.5 Å². The summed E-state index contributed by atoms with van der Waals surface area (Å²) < 4.78 is 16.4. The highest BCUT2D eigenvalue weighted by Crippen LogP contribution is 2.33. The predicted molar refractivity (Wildman–Crippen MR) is 136 cm³/mol. The second-order valence-electron chi connectivity index (χ2n) is 7.95. The van der Waals surface area contributed by atoms with E-state index in [0.717, 1.165) is 35.8 Å². The Morgan fingerprint density at radius 3 is 2.56 bits per heavy atom. The number of rotatable bonds is 10.